The summed E-state index contributed by atoms with van der Waals surface area (Å²) < 4.78 is 0.694. The van der Waals surface area contributed by atoms with Gasteiger partial charge in [0, 0.05) is 0 Å². The van der Waals surface area contributed by atoms with Gasteiger partial charge in [0.1, 0.15) is 0 Å². The highest BCUT2D eigenvalue weighted by Gasteiger charge is 1.88. The molecule has 0 aromatic carbocycles. The molecule has 0 unspecified atom stereocenters. The molecule has 0 aliphatic carbocycles. The average Bonchev–Trinajstić information content (AvgIpc) is 1.72. The summed E-state index contributed by atoms with van der Waals surface area (Å²) >= 11 is 2.87. The number of nitrogens with zero attached hydrogens (tertiary/aromatic N) is 1. The van der Waals surface area contributed by atoms with Gasteiger partial charge in [-0.05, 0) is 12.5 Å². The van der Waals surface area contributed by atoms with Crippen molar-refractivity contribution in [2.45, 2.75) is 0 Å². The van der Waals surface area contributed by atoms with Gasteiger partial charge in [0.25, 0.3) is 0 Å². The molecule has 0 saturated carbocycles. The first kappa shape index (κ1) is 7.17. The fourth-order valence-corrected chi connectivity index (χ4v) is 0.995. The Morgan fingerprint density at radius 2 is 1.86 bits per heavy atom. The molecule has 2 nitrogen and oxygen atoms in total. The highest BCUT2D eigenvalue weighted by molar-refractivity contribution is 8.38. The Hall–Kier alpha value is 0.170. The van der Waals surface area contributed by atoms with E-state index in [0.717, 1.165) is 0 Å². The van der Waals surface area contributed by atoms with E-state index in [9.17, 15) is 0 Å². The lowest BCUT2D eigenvalue weighted by molar-refractivity contribution is 0.322. The summed E-state index contributed by atoms with van der Waals surface area (Å²) in [5.41, 5.74) is 0. The smallest absolute Gasteiger partial charge is 0.168 e. The summed E-state index contributed by atoms with van der Waals surface area (Å²) in [6.07, 6.45) is 3.73. The zero-order chi connectivity index (χ0) is 5.70. The lowest BCUT2D eigenvalue weighted by atomic mass is 11.7. The van der Waals surface area contributed by atoms with Crippen LogP contribution in [0.1, 0.15) is 0 Å². The zero-order valence-electron chi connectivity index (χ0n) is 4.21. The standard InChI is InChI=1S/C3H7NOS2/c1-6-3(4-5)7-2/h5H,1-2H3. The van der Waals surface area contributed by atoms with E-state index in [1.807, 2.05) is 12.5 Å². The van der Waals surface area contributed by atoms with Crippen molar-refractivity contribution in [3.05, 3.63) is 0 Å². The highest BCUT2D eigenvalue weighted by Crippen LogP contribution is 2.08. The van der Waals surface area contributed by atoms with E-state index < -0.39 is 0 Å². The molecule has 0 fully saturated rings. The van der Waals surface area contributed by atoms with E-state index in [1.54, 1.807) is 0 Å². The lowest BCUT2D eigenvalue weighted by Gasteiger charge is -1.88. The number of thioether (sulfide) groups is 2. The molecule has 0 radical (unpaired) electrons. The molecule has 0 heterocycles. The molecule has 0 bridgehead atoms. The topological polar surface area (TPSA) is 32.6 Å². The minimum absolute atomic E-state index is 0.694. The summed E-state index contributed by atoms with van der Waals surface area (Å²) in [5, 5.41) is 11.0. The van der Waals surface area contributed by atoms with Crippen molar-refractivity contribution in [1.29, 1.82) is 0 Å². The molecule has 0 saturated heterocycles. The quantitative estimate of drug-likeness (QED) is 0.237. The van der Waals surface area contributed by atoms with E-state index in [2.05, 4.69) is 5.16 Å². The fraction of sp³-hybridized carbons (Fsp3) is 0.667. The zero-order valence-corrected chi connectivity index (χ0v) is 5.84. The van der Waals surface area contributed by atoms with E-state index in [4.69, 9.17) is 5.21 Å². The lowest BCUT2D eigenvalue weighted by Crippen LogP contribution is -1.78. The van der Waals surface area contributed by atoms with E-state index in [0.29, 0.717) is 4.38 Å². The van der Waals surface area contributed by atoms with Crippen LogP contribution in [0.2, 0.25) is 0 Å². The van der Waals surface area contributed by atoms with Crippen LogP contribution in [0.3, 0.4) is 0 Å². The van der Waals surface area contributed by atoms with Gasteiger partial charge in [0.15, 0.2) is 4.38 Å². The molecule has 1 N–H and O–H groups in total. The molecule has 0 spiro atoms. The molecule has 0 rings (SSSR count). The van der Waals surface area contributed by atoms with Crippen LogP contribution in [0.25, 0.3) is 0 Å². The van der Waals surface area contributed by atoms with E-state index in [-0.39, 0.29) is 0 Å². The average molecular weight is 137 g/mol. The normalized spacial score (nSPS) is 8.29. The third kappa shape index (κ3) is 2.82. The Balaban J connectivity index is 3.38. The van der Waals surface area contributed by atoms with Crippen molar-refractivity contribution in [2.24, 2.45) is 5.16 Å². The highest BCUT2D eigenvalue weighted by atomic mass is 32.2. The summed E-state index contributed by atoms with van der Waals surface area (Å²) in [4.78, 5) is 0. The molecule has 0 aromatic heterocycles. The van der Waals surface area contributed by atoms with Gasteiger partial charge >= 0.3 is 0 Å². The Labute approximate surface area is 51.4 Å². The molecule has 0 aromatic rings. The van der Waals surface area contributed by atoms with E-state index >= 15 is 0 Å². The first-order valence-corrected chi connectivity index (χ1v) is 4.10. The number of oxime groups is 1. The van der Waals surface area contributed by atoms with Crippen molar-refractivity contribution in [1.82, 2.24) is 0 Å². The second kappa shape index (κ2) is 4.33. The van der Waals surface area contributed by atoms with Gasteiger partial charge in [0.2, 0.25) is 0 Å². The maximum absolute atomic E-state index is 8.07. The third-order valence-corrected chi connectivity index (χ3v) is 2.29. The van der Waals surface area contributed by atoms with E-state index in [1.165, 1.54) is 23.5 Å². The number of rotatable bonds is 0. The largest absolute Gasteiger partial charge is 0.410 e. The van der Waals surface area contributed by atoms with Gasteiger partial charge in [-0.25, -0.2) is 0 Å². The Kier molecular flexibility index (Phi) is 4.44. The van der Waals surface area contributed by atoms with Crippen LogP contribution < -0.4 is 0 Å². The Morgan fingerprint density at radius 1 is 1.43 bits per heavy atom. The Morgan fingerprint density at radius 3 is 1.86 bits per heavy atom. The predicted molar refractivity (Wildman–Crippen MR) is 36.3 cm³/mol. The third-order valence-electron chi connectivity index (χ3n) is 0.431. The first-order chi connectivity index (χ1) is 3.35. The Bertz CT molecular complexity index is 67.3. The predicted octanol–water partition coefficient (Wildman–Crippen LogP) is 1.46. The maximum atomic E-state index is 8.07. The van der Waals surface area contributed by atoms with Gasteiger partial charge < -0.3 is 5.21 Å². The minimum atomic E-state index is 0.694. The van der Waals surface area contributed by atoms with Crippen LogP contribution in [0.15, 0.2) is 5.16 Å². The molecule has 4 heteroatoms. The molecular formula is C3H7NOS2. The van der Waals surface area contributed by atoms with Gasteiger partial charge in [-0.1, -0.05) is 28.7 Å². The minimum Gasteiger partial charge on any atom is -0.410 e. The molecule has 0 amide bonds. The number of hydrogen-bond acceptors (Lipinski definition) is 4. The SMILES string of the molecule is CSC(=NO)SC. The summed E-state index contributed by atoms with van der Waals surface area (Å²) in [5.74, 6) is 0. The van der Waals surface area contributed by atoms with Gasteiger partial charge in [0.05, 0.1) is 0 Å². The number of hydrogen-bond donors (Lipinski definition) is 1. The first-order valence-electron chi connectivity index (χ1n) is 1.65. The second-order valence-electron chi connectivity index (χ2n) is 0.774. The monoisotopic (exact) mass is 137 g/mol. The van der Waals surface area contributed by atoms with Gasteiger partial charge in [-0.2, -0.15) is 0 Å². The van der Waals surface area contributed by atoms with Crippen molar-refractivity contribution in [3.8, 4) is 0 Å². The summed E-state index contributed by atoms with van der Waals surface area (Å²) in [7, 11) is 0. The maximum Gasteiger partial charge on any atom is 0.168 e. The summed E-state index contributed by atoms with van der Waals surface area (Å²) in [6.45, 7) is 0. The van der Waals surface area contributed by atoms with Crippen molar-refractivity contribution in [3.63, 3.8) is 0 Å². The van der Waals surface area contributed by atoms with Crippen LogP contribution in [-0.2, 0) is 0 Å². The molecule has 0 aliphatic rings. The molecule has 42 valence electrons. The van der Waals surface area contributed by atoms with Crippen molar-refractivity contribution in [2.75, 3.05) is 12.5 Å². The second-order valence-corrected chi connectivity index (χ2v) is 2.62. The van der Waals surface area contributed by atoms with Crippen molar-refractivity contribution >= 4 is 27.9 Å². The fourth-order valence-electron chi connectivity index (χ4n) is 0.165. The van der Waals surface area contributed by atoms with Gasteiger partial charge in [-0.15, -0.1) is 0 Å². The molecular weight excluding hydrogens is 130 g/mol. The van der Waals surface area contributed by atoms with Crippen LogP contribution in [-0.4, -0.2) is 22.1 Å². The molecule has 0 aliphatic heterocycles. The van der Waals surface area contributed by atoms with Crippen LogP contribution in [0, 0.1) is 0 Å². The molecule has 7 heavy (non-hydrogen) atoms. The van der Waals surface area contributed by atoms with Crippen LogP contribution in [0.4, 0.5) is 0 Å². The summed E-state index contributed by atoms with van der Waals surface area (Å²) in [6, 6.07) is 0. The van der Waals surface area contributed by atoms with Crippen LogP contribution >= 0.6 is 23.5 Å². The van der Waals surface area contributed by atoms with Crippen molar-refractivity contribution < 1.29 is 5.21 Å². The van der Waals surface area contributed by atoms with Crippen LogP contribution in [0.5, 0.6) is 0 Å². The van der Waals surface area contributed by atoms with Gasteiger partial charge in [-0.3, -0.25) is 0 Å². The molecule has 0 atom stereocenters.